The SMILES string of the molecule is CCON=C(C(=O)N[C@@H]1C(=O)N2C(C(=O)OC(c3ccccc3)c3ccccc3)=C(OS(C)(=O)=O)CS[C@H]12)c1nsc(NC(=O)OC(C)(C)C)n1. The molecule has 16 nitrogen and oxygen atoms in total. The average Bonchev–Trinajstić information content (AvgIpc) is 3.52. The van der Waals surface area contributed by atoms with Gasteiger partial charge < -0.3 is 23.8 Å². The third kappa shape index (κ3) is 9.21. The van der Waals surface area contributed by atoms with Gasteiger partial charge in [0.1, 0.15) is 23.6 Å². The summed E-state index contributed by atoms with van der Waals surface area (Å²) >= 11 is 1.82. The summed E-state index contributed by atoms with van der Waals surface area (Å²) in [6.45, 7) is 6.80. The predicted octanol–water partition coefficient (Wildman–Crippen LogP) is 3.55. The van der Waals surface area contributed by atoms with Gasteiger partial charge in [0.05, 0.1) is 12.0 Å². The van der Waals surface area contributed by atoms with Crippen molar-refractivity contribution in [2.75, 3.05) is 23.9 Å². The lowest BCUT2D eigenvalue weighted by Gasteiger charge is -2.49. The zero-order valence-corrected chi connectivity index (χ0v) is 30.5. The third-order valence-electron chi connectivity index (χ3n) is 6.84. The van der Waals surface area contributed by atoms with Crippen LogP contribution in [0.4, 0.5) is 9.93 Å². The van der Waals surface area contributed by atoms with E-state index in [1.165, 1.54) is 0 Å². The highest BCUT2D eigenvalue weighted by Crippen LogP contribution is 2.42. The lowest BCUT2D eigenvalue weighted by molar-refractivity contribution is -0.154. The molecule has 3 amide bonds. The molecule has 0 aliphatic carbocycles. The van der Waals surface area contributed by atoms with Crippen LogP contribution in [0.25, 0.3) is 0 Å². The first-order chi connectivity index (χ1) is 24.1. The Hall–Kier alpha value is -5.01. The molecule has 1 aromatic heterocycles. The zero-order chi connectivity index (χ0) is 36.9. The van der Waals surface area contributed by atoms with Crippen molar-refractivity contribution in [3.8, 4) is 0 Å². The average molecular weight is 759 g/mol. The van der Waals surface area contributed by atoms with Gasteiger partial charge in [0.15, 0.2) is 17.6 Å². The summed E-state index contributed by atoms with van der Waals surface area (Å²) in [6, 6.07) is 16.6. The first-order valence-electron chi connectivity index (χ1n) is 15.4. The quantitative estimate of drug-likeness (QED) is 0.0893. The van der Waals surface area contributed by atoms with Crippen molar-refractivity contribution in [3.05, 3.63) is 89.1 Å². The van der Waals surface area contributed by atoms with Gasteiger partial charge in [-0.3, -0.25) is 19.8 Å². The van der Waals surface area contributed by atoms with Crippen LogP contribution in [-0.2, 0) is 43.0 Å². The van der Waals surface area contributed by atoms with Crippen LogP contribution < -0.4 is 10.6 Å². The van der Waals surface area contributed by atoms with Crippen molar-refractivity contribution in [2.24, 2.45) is 5.16 Å². The molecule has 0 spiro atoms. The number of ether oxygens (including phenoxy) is 2. The molecule has 0 unspecified atom stereocenters. The van der Waals surface area contributed by atoms with Crippen molar-refractivity contribution in [1.29, 1.82) is 0 Å². The highest BCUT2D eigenvalue weighted by molar-refractivity contribution is 8.00. The molecule has 0 saturated carbocycles. The van der Waals surface area contributed by atoms with Crippen molar-refractivity contribution in [3.63, 3.8) is 0 Å². The Morgan fingerprint density at radius 2 is 1.69 bits per heavy atom. The Morgan fingerprint density at radius 1 is 1.06 bits per heavy atom. The van der Waals surface area contributed by atoms with E-state index in [0.29, 0.717) is 11.1 Å². The Kier molecular flexibility index (Phi) is 11.3. The fourth-order valence-electron chi connectivity index (χ4n) is 4.86. The topological polar surface area (TPSA) is 205 Å². The molecule has 3 aromatic rings. The summed E-state index contributed by atoms with van der Waals surface area (Å²) < 4.78 is 44.9. The number of esters is 1. The number of β-lactam (4-membered cyclic amide) rings is 1. The van der Waals surface area contributed by atoms with Crippen molar-refractivity contribution in [2.45, 2.75) is 50.8 Å². The van der Waals surface area contributed by atoms with Gasteiger partial charge in [-0.25, -0.2) is 9.59 Å². The summed E-state index contributed by atoms with van der Waals surface area (Å²) in [5, 5.41) is 8.01. The van der Waals surface area contributed by atoms with Crippen molar-refractivity contribution in [1.82, 2.24) is 19.6 Å². The van der Waals surface area contributed by atoms with Crippen molar-refractivity contribution < 1.29 is 46.1 Å². The fraction of sp³-hybridized carbons (Fsp3) is 0.344. The number of fused-ring (bicyclic) bond motifs is 1. The van der Waals surface area contributed by atoms with Crippen LogP contribution in [0.15, 0.2) is 77.3 Å². The van der Waals surface area contributed by atoms with Gasteiger partial charge in [-0.2, -0.15) is 17.8 Å². The summed E-state index contributed by atoms with van der Waals surface area (Å²) in [4.78, 5) is 63.6. The maximum atomic E-state index is 13.9. The van der Waals surface area contributed by atoms with Gasteiger partial charge in [0.2, 0.25) is 16.7 Å². The largest absolute Gasteiger partial charge is 0.448 e. The summed E-state index contributed by atoms with van der Waals surface area (Å²) in [5.41, 5.74) is -0.299. The lowest BCUT2D eigenvalue weighted by Crippen LogP contribution is -2.71. The molecule has 1 fully saturated rings. The monoisotopic (exact) mass is 758 g/mol. The van der Waals surface area contributed by atoms with Crippen LogP contribution in [0, 0.1) is 0 Å². The maximum Gasteiger partial charge on any atom is 0.414 e. The van der Waals surface area contributed by atoms with Crippen LogP contribution in [0.1, 0.15) is 50.8 Å². The van der Waals surface area contributed by atoms with Crippen LogP contribution in [-0.4, -0.2) is 87.9 Å². The van der Waals surface area contributed by atoms with E-state index in [1.807, 2.05) is 0 Å². The minimum Gasteiger partial charge on any atom is -0.448 e. The molecule has 2 aliphatic heterocycles. The summed E-state index contributed by atoms with van der Waals surface area (Å²) in [7, 11) is -4.12. The Labute approximate surface area is 301 Å². The first-order valence-corrected chi connectivity index (χ1v) is 19.0. The molecule has 19 heteroatoms. The highest BCUT2D eigenvalue weighted by atomic mass is 32.2. The zero-order valence-electron chi connectivity index (χ0n) is 28.0. The third-order valence-corrected chi connectivity index (χ3v) is 9.23. The molecular formula is C32H34N6O10S3. The van der Waals surface area contributed by atoms with Crippen LogP contribution in [0.3, 0.4) is 0 Å². The molecule has 2 aromatic carbocycles. The summed E-state index contributed by atoms with van der Waals surface area (Å²) in [5.74, 6) is -3.28. The molecule has 5 rings (SSSR count). The van der Waals surface area contributed by atoms with Gasteiger partial charge in [0, 0.05) is 11.5 Å². The lowest BCUT2D eigenvalue weighted by atomic mass is 10.0. The van der Waals surface area contributed by atoms with Gasteiger partial charge in [-0.05, 0) is 38.8 Å². The van der Waals surface area contributed by atoms with E-state index >= 15 is 0 Å². The normalized spacial score (nSPS) is 17.6. The number of carbonyl (C=O) groups excluding carboxylic acids is 4. The number of thioether (sulfide) groups is 1. The number of oxime groups is 1. The van der Waals surface area contributed by atoms with Gasteiger partial charge in [-0.1, -0.05) is 65.8 Å². The van der Waals surface area contributed by atoms with E-state index in [-0.39, 0.29) is 34.8 Å². The molecule has 51 heavy (non-hydrogen) atoms. The number of benzene rings is 2. The van der Waals surface area contributed by atoms with Crippen LogP contribution in [0.2, 0.25) is 0 Å². The molecule has 2 aliphatic rings. The molecule has 2 atom stereocenters. The number of aromatic nitrogens is 2. The number of amides is 3. The van der Waals surface area contributed by atoms with Gasteiger partial charge in [0.25, 0.3) is 11.8 Å². The van der Waals surface area contributed by atoms with Crippen molar-refractivity contribution >= 4 is 68.1 Å². The smallest absolute Gasteiger partial charge is 0.414 e. The second-order valence-electron chi connectivity index (χ2n) is 11.9. The van der Waals surface area contributed by atoms with E-state index in [0.717, 1.165) is 34.5 Å². The first kappa shape index (κ1) is 37.3. The molecular weight excluding hydrogens is 725 g/mol. The minimum atomic E-state index is -4.12. The molecule has 270 valence electrons. The fourth-order valence-corrected chi connectivity index (χ4v) is 7.25. The second kappa shape index (κ2) is 15.5. The number of rotatable bonds is 12. The van der Waals surface area contributed by atoms with E-state index in [4.69, 9.17) is 18.5 Å². The Bertz CT molecular complexity index is 1920. The number of nitrogens with one attached hydrogen (secondary N) is 2. The van der Waals surface area contributed by atoms with E-state index in [9.17, 15) is 27.6 Å². The van der Waals surface area contributed by atoms with E-state index < -0.39 is 62.8 Å². The Morgan fingerprint density at radius 3 is 2.25 bits per heavy atom. The number of hydrogen-bond donors (Lipinski definition) is 2. The van der Waals surface area contributed by atoms with Gasteiger partial charge in [-0.15, -0.1) is 11.8 Å². The van der Waals surface area contributed by atoms with E-state index in [2.05, 4.69) is 25.1 Å². The number of nitrogens with zero attached hydrogens (tertiary/aromatic N) is 4. The maximum absolute atomic E-state index is 13.9. The number of anilines is 1. The van der Waals surface area contributed by atoms with Crippen LogP contribution in [0.5, 0.6) is 0 Å². The van der Waals surface area contributed by atoms with Gasteiger partial charge >= 0.3 is 22.2 Å². The molecule has 0 radical (unpaired) electrons. The molecule has 1 saturated heterocycles. The second-order valence-corrected chi connectivity index (χ2v) is 15.4. The van der Waals surface area contributed by atoms with E-state index in [1.54, 1.807) is 88.4 Å². The molecule has 2 N–H and O–H groups in total. The molecule has 3 heterocycles. The highest BCUT2D eigenvalue weighted by Gasteiger charge is 2.56. The number of carbonyl (C=O) groups is 4. The minimum absolute atomic E-state index is 0.0148. The number of hydrogen-bond acceptors (Lipinski definition) is 15. The standard InChI is InChI=1S/C32H34N6O10S3/c1-6-45-36-21(25-34-30(50-37-25)35-31(42)47-32(2,3)4)26(39)33-22-27(40)38-23(20(17-49-28(22)38)48-51(5,43)44)29(41)46-24(18-13-9-7-10-14-18)19-15-11-8-12-16-19/h7-16,22,24,28H,6,17H2,1-5H3,(H,33,39)(H,34,35,37,42)/t22-,28-/m1/s1. The van der Waals surface area contributed by atoms with Crippen LogP contribution >= 0.6 is 23.3 Å². The molecule has 0 bridgehead atoms. The summed E-state index contributed by atoms with van der Waals surface area (Å²) in [6.07, 6.45) is -0.880. The Balaban J connectivity index is 1.38. The predicted molar refractivity (Wildman–Crippen MR) is 187 cm³/mol.